The number of aryl methyl sites for hydroxylation is 1. The molecule has 0 radical (unpaired) electrons. The molecule has 0 bridgehead atoms. The van der Waals surface area contributed by atoms with E-state index in [0.29, 0.717) is 5.02 Å². The van der Waals surface area contributed by atoms with Crippen molar-refractivity contribution in [2.45, 2.75) is 6.92 Å². The van der Waals surface area contributed by atoms with Crippen LogP contribution in [0.1, 0.15) is 5.69 Å². The second kappa shape index (κ2) is 3.23. The lowest BCUT2D eigenvalue weighted by atomic mass is 10.4. The highest BCUT2D eigenvalue weighted by atomic mass is 35.5. The maximum Gasteiger partial charge on any atom is 0.136 e. The van der Waals surface area contributed by atoms with Gasteiger partial charge in [0, 0.05) is 18.1 Å². The summed E-state index contributed by atoms with van der Waals surface area (Å²) in [5.74, 6) is 0.895. The third-order valence-electron chi connectivity index (χ3n) is 1.91. The summed E-state index contributed by atoms with van der Waals surface area (Å²) in [6.45, 7) is 2.04. The fourth-order valence-corrected chi connectivity index (χ4v) is 1.35. The Bertz CT molecular complexity index is 403. The van der Waals surface area contributed by atoms with Crippen molar-refractivity contribution in [3.05, 3.63) is 47.4 Å². The van der Waals surface area contributed by atoms with Crippen molar-refractivity contribution in [2.24, 2.45) is 0 Å². The van der Waals surface area contributed by atoms with Crippen molar-refractivity contribution in [1.29, 1.82) is 0 Å². The molecule has 3 heteroatoms. The van der Waals surface area contributed by atoms with E-state index < -0.39 is 0 Å². The molecule has 0 amide bonds. The smallest absolute Gasteiger partial charge is 0.136 e. The SMILES string of the molecule is Cc1cccn1-c1ccc(Cl)cn1. The number of pyridine rings is 1. The standard InChI is InChI=1S/C10H9ClN2/c1-8-3-2-6-13(8)10-5-4-9(11)7-12-10/h2-7H,1H3. The molecule has 2 nitrogen and oxygen atoms in total. The second-order valence-corrected chi connectivity index (χ2v) is 3.29. The van der Waals surface area contributed by atoms with Crippen LogP contribution >= 0.6 is 11.6 Å². The average Bonchev–Trinajstić information content (AvgIpc) is 2.53. The molecule has 2 aromatic heterocycles. The highest BCUT2D eigenvalue weighted by Crippen LogP contribution is 2.12. The first-order chi connectivity index (χ1) is 6.27. The van der Waals surface area contributed by atoms with Crippen molar-refractivity contribution in [3.8, 4) is 5.82 Å². The van der Waals surface area contributed by atoms with E-state index in [4.69, 9.17) is 11.6 Å². The van der Waals surface area contributed by atoms with Crippen LogP contribution < -0.4 is 0 Å². The highest BCUT2D eigenvalue weighted by molar-refractivity contribution is 6.30. The minimum Gasteiger partial charge on any atom is -0.306 e. The van der Waals surface area contributed by atoms with Gasteiger partial charge in [-0.3, -0.25) is 0 Å². The van der Waals surface area contributed by atoms with Gasteiger partial charge in [-0.1, -0.05) is 11.6 Å². The van der Waals surface area contributed by atoms with E-state index in [-0.39, 0.29) is 0 Å². The number of aromatic nitrogens is 2. The first kappa shape index (κ1) is 8.32. The Labute approximate surface area is 81.8 Å². The van der Waals surface area contributed by atoms with Crippen LogP contribution in [0.3, 0.4) is 0 Å². The Morgan fingerprint density at radius 3 is 2.69 bits per heavy atom. The summed E-state index contributed by atoms with van der Waals surface area (Å²) in [4.78, 5) is 4.21. The molecule has 0 aliphatic rings. The minimum absolute atomic E-state index is 0.661. The zero-order valence-corrected chi connectivity index (χ0v) is 7.99. The number of hydrogen-bond donors (Lipinski definition) is 0. The van der Waals surface area contributed by atoms with Crippen LogP contribution in [-0.2, 0) is 0 Å². The third-order valence-corrected chi connectivity index (χ3v) is 2.13. The third kappa shape index (κ3) is 1.58. The predicted octanol–water partition coefficient (Wildman–Crippen LogP) is 2.83. The molecule has 0 saturated carbocycles. The Morgan fingerprint density at radius 2 is 2.15 bits per heavy atom. The lowest BCUT2D eigenvalue weighted by Crippen LogP contribution is -1.96. The van der Waals surface area contributed by atoms with Gasteiger partial charge in [0.15, 0.2) is 0 Å². The lowest BCUT2D eigenvalue weighted by Gasteiger charge is -2.03. The predicted molar refractivity (Wildman–Crippen MR) is 53.3 cm³/mol. The van der Waals surface area contributed by atoms with Crippen molar-refractivity contribution >= 4 is 11.6 Å². The molecule has 13 heavy (non-hydrogen) atoms. The molecule has 0 aromatic carbocycles. The molecule has 0 N–H and O–H groups in total. The maximum absolute atomic E-state index is 5.74. The van der Waals surface area contributed by atoms with Crippen LogP contribution in [0.4, 0.5) is 0 Å². The van der Waals surface area contributed by atoms with E-state index in [1.54, 1.807) is 6.20 Å². The van der Waals surface area contributed by atoms with E-state index in [9.17, 15) is 0 Å². The molecule has 66 valence electrons. The molecule has 0 saturated heterocycles. The largest absolute Gasteiger partial charge is 0.306 e. The van der Waals surface area contributed by atoms with Gasteiger partial charge in [-0.05, 0) is 31.2 Å². The van der Waals surface area contributed by atoms with Crippen molar-refractivity contribution in [2.75, 3.05) is 0 Å². The molecule has 0 aliphatic heterocycles. The molecule has 2 rings (SSSR count). The van der Waals surface area contributed by atoms with Gasteiger partial charge in [0.2, 0.25) is 0 Å². The van der Waals surface area contributed by atoms with Gasteiger partial charge in [0.1, 0.15) is 5.82 Å². The first-order valence-electron chi connectivity index (χ1n) is 4.03. The summed E-state index contributed by atoms with van der Waals surface area (Å²) in [7, 11) is 0. The molecule has 0 spiro atoms. The van der Waals surface area contributed by atoms with Gasteiger partial charge in [0.05, 0.1) is 5.02 Å². The van der Waals surface area contributed by atoms with Crippen LogP contribution in [0, 0.1) is 6.92 Å². The Morgan fingerprint density at radius 1 is 1.31 bits per heavy atom. The quantitative estimate of drug-likeness (QED) is 0.680. The topological polar surface area (TPSA) is 17.8 Å². The zero-order chi connectivity index (χ0) is 9.26. The van der Waals surface area contributed by atoms with Gasteiger partial charge in [-0.25, -0.2) is 4.98 Å². The number of nitrogens with zero attached hydrogens (tertiary/aromatic N) is 2. The maximum atomic E-state index is 5.74. The van der Waals surface area contributed by atoms with Crippen molar-refractivity contribution in [3.63, 3.8) is 0 Å². The fraction of sp³-hybridized carbons (Fsp3) is 0.100. The van der Waals surface area contributed by atoms with E-state index in [0.717, 1.165) is 11.5 Å². The zero-order valence-electron chi connectivity index (χ0n) is 7.24. The van der Waals surface area contributed by atoms with Crippen LogP contribution in [0.25, 0.3) is 5.82 Å². The molecule has 2 aromatic rings. The Balaban J connectivity index is 2.47. The Kier molecular flexibility index (Phi) is 2.07. The van der Waals surface area contributed by atoms with Crippen molar-refractivity contribution < 1.29 is 0 Å². The number of rotatable bonds is 1. The van der Waals surface area contributed by atoms with Gasteiger partial charge >= 0.3 is 0 Å². The van der Waals surface area contributed by atoms with E-state index >= 15 is 0 Å². The van der Waals surface area contributed by atoms with Gasteiger partial charge < -0.3 is 4.57 Å². The number of halogens is 1. The normalized spacial score (nSPS) is 10.3. The highest BCUT2D eigenvalue weighted by Gasteiger charge is 1.98. The molecule has 2 heterocycles. The number of hydrogen-bond acceptors (Lipinski definition) is 1. The molecule has 0 unspecified atom stereocenters. The summed E-state index contributed by atoms with van der Waals surface area (Å²) in [6.07, 6.45) is 3.63. The van der Waals surface area contributed by atoms with Gasteiger partial charge in [-0.15, -0.1) is 0 Å². The van der Waals surface area contributed by atoms with Crippen molar-refractivity contribution in [1.82, 2.24) is 9.55 Å². The van der Waals surface area contributed by atoms with E-state index in [1.807, 2.05) is 42.0 Å². The summed E-state index contributed by atoms with van der Waals surface area (Å²) in [6, 6.07) is 7.76. The summed E-state index contributed by atoms with van der Waals surface area (Å²) in [5, 5.41) is 0.661. The monoisotopic (exact) mass is 192 g/mol. The molecular weight excluding hydrogens is 184 g/mol. The summed E-state index contributed by atoms with van der Waals surface area (Å²) in [5.41, 5.74) is 1.16. The summed E-state index contributed by atoms with van der Waals surface area (Å²) >= 11 is 5.74. The fourth-order valence-electron chi connectivity index (χ4n) is 1.23. The minimum atomic E-state index is 0.661. The van der Waals surface area contributed by atoms with E-state index in [2.05, 4.69) is 4.98 Å². The van der Waals surface area contributed by atoms with E-state index in [1.165, 1.54) is 0 Å². The van der Waals surface area contributed by atoms with Crippen LogP contribution in [0.2, 0.25) is 5.02 Å². The van der Waals surface area contributed by atoms with Crippen LogP contribution in [0.15, 0.2) is 36.7 Å². The molecule has 0 aliphatic carbocycles. The lowest BCUT2D eigenvalue weighted by molar-refractivity contribution is 0.962. The molecule has 0 fully saturated rings. The van der Waals surface area contributed by atoms with Gasteiger partial charge in [0.25, 0.3) is 0 Å². The Hall–Kier alpha value is -1.28. The first-order valence-corrected chi connectivity index (χ1v) is 4.41. The summed E-state index contributed by atoms with van der Waals surface area (Å²) < 4.78 is 2.01. The van der Waals surface area contributed by atoms with Crippen LogP contribution in [-0.4, -0.2) is 9.55 Å². The average molecular weight is 193 g/mol. The second-order valence-electron chi connectivity index (χ2n) is 2.85. The molecular formula is C10H9ClN2. The van der Waals surface area contributed by atoms with Crippen LogP contribution in [0.5, 0.6) is 0 Å². The van der Waals surface area contributed by atoms with Gasteiger partial charge in [-0.2, -0.15) is 0 Å². The molecule has 0 atom stereocenters.